The molecule has 0 bridgehead atoms. The Bertz CT molecular complexity index is 345. The van der Waals surface area contributed by atoms with Gasteiger partial charge in [0.05, 0.1) is 13.5 Å². The fourth-order valence-electron chi connectivity index (χ4n) is 1.80. The summed E-state index contributed by atoms with van der Waals surface area (Å²) in [7, 11) is 1.41. The lowest BCUT2D eigenvalue weighted by atomic mass is 10.3. The molecule has 0 spiro atoms. The van der Waals surface area contributed by atoms with Gasteiger partial charge in [0.2, 0.25) is 6.19 Å². The van der Waals surface area contributed by atoms with Gasteiger partial charge in [-0.15, -0.1) is 4.99 Å². The molecule has 100 valence electrons. The summed E-state index contributed by atoms with van der Waals surface area (Å²) in [5, 5.41) is 9.35. The molecule has 6 nitrogen and oxygen atoms in total. The number of rotatable bonds is 3. The Morgan fingerprint density at radius 2 is 2.11 bits per heavy atom. The molecule has 0 unspecified atom stereocenters. The molecule has 0 aromatic carbocycles. The Morgan fingerprint density at radius 3 is 2.61 bits per heavy atom. The smallest absolute Gasteiger partial charge is 0.306 e. The molecule has 1 rings (SSSR count). The average Bonchev–Trinajstić information content (AvgIpc) is 2.42. The second kappa shape index (κ2) is 7.95. The maximum absolute atomic E-state index is 11.0. The molecule has 0 saturated carbocycles. The third kappa shape index (κ3) is 4.55. The molecule has 18 heavy (non-hydrogen) atoms. The predicted octanol–water partition coefficient (Wildman–Crippen LogP) is 0.367. The molecule has 1 aliphatic rings. The molecule has 0 N–H and O–H groups in total. The molecule has 1 saturated heterocycles. The number of methoxy groups -OCH3 is 1. The number of amidine groups is 1. The van der Waals surface area contributed by atoms with E-state index in [0.717, 1.165) is 37.9 Å². The second-order valence-corrected chi connectivity index (χ2v) is 4.63. The minimum absolute atomic E-state index is 0.173. The molecule has 0 aromatic heterocycles. The van der Waals surface area contributed by atoms with Crippen molar-refractivity contribution in [3.05, 3.63) is 0 Å². The predicted molar refractivity (Wildman–Crippen MR) is 71.2 cm³/mol. The number of nitrogens with zero attached hydrogens (tertiary/aromatic N) is 4. The maximum Gasteiger partial charge on any atom is 0.306 e. The van der Waals surface area contributed by atoms with Crippen molar-refractivity contribution in [1.82, 2.24) is 9.80 Å². The number of piperazine rings is 1. The van der Waals surface area contributed by atoms with E-state index in [1.165, 1.54) is 18.9 Å². The molecule has 7 heteroatoms. The van der Waals surface area contributed by atoms with Gasteiger partial charge < -0.3 is 9.64 Å². The lowest BCUT2D eigenvalue weighted by Gasteiger charge is -2.35. The van der Waals surface area contributed by atoms with Crippen LogP contribution in [0.3, 0.4) is 0 Å². The number of ether oxygens (including phenoxy) is 1. The highest BCUT2D eigenvalue weighted by molar-refractivity contribution is 8.13. The second-order valence-electron chi connectivity index (χ2n) is 3.85. The van der Waals surface area contributed by atoms with Crippen molar-refractivity contribution < 1.29 is 9.53 Å². The zero-order valence-electron chi connectivity index (χ0n) is 10.8. The third-order valence-corrected chi connectivity index (χ3v) is 3.55. The fraction of sp³-hybridized carbons (Fsp3) is 0.727. The molecule has 0 radical (unpaired) electrons. The maximum atomic E-state index is 11.0. The number of carbonyl (C=O) groups is 1. The van der Waals surface area contributed by atoms with Crippen molar-refractivity contribution in [3.8, 4) is 6.19 Å². The minimum atomic E-state index is -0.173. The molecule has 1 heterocycles. The topological polar surface area (TPSA) is 68.9 Å². The first-order valence-electron chi connectivity index (χ1n) is 5.76. The Balaban J connectivity index is 2.35. The van der Waals surface area contributed by atoms with Gasteiger partial charge in [0.25, 0.3) is 0 Å². The van der Waals surface area contributed by atoms with E-state index >= 15 is 0 Å². The van der Waals surface area contributed by atoms with Gasteiger partial charge in [0.15, 0.2) is 5.17 Å². The summed E-state index contributed by atoms with van der Waals surface area (Å²) >= 11 is 1.48. The Morgan fingerprint density at radius 1 is 1.44 bits per heavy atom. The Kier molecular flexibility index (Phi) is 6.54. The highest BCUT2D eigenvalue weighted by atomic mass is 32.2. The standard InChI is InChI=1S/C11H18N4O2S/c1-17-10(16)3-4-14-5-7-15(8-6-14)11(18-2)13-9-12/h3-8H2,1-2H3. The molecule has 0 aromatic rings. The largest absolute Gasteiger partial charge is 0.469 e. The number of thioether (sulfide) groups is 1. The van der Waals surface area contributed by atoms with Gasteiger partial charge in [-0.05, 0) is 6.26 Å². The molecule has 0 aliphatic carbocycles. The van der Waals surface area contributed by atoms with Crippen molar-refractivity contribution in [2.45, 2.75) is 6.42 Å². The SMILES string of the molecule is COC(=O)CCN1CCN(C(=NC#N)SC)CC1. The van der Waals surface area contributed by atoms with E-state index in [1.807, 2.05) is 12.4 Å². The van der Waals surface area contributed by atoms with Gasteiger partial charge in [0.1, 0.15) is 0 Å². The van der Waals surface area contributed by atoms with Gasteiger partial charge in [-0.1, -0.05) is 11.8 Å². The Labute approximate surface area is 112 Å². The van der Waals surface area contributed by atoms with Gasteiger partial charge in [-0.2, -0.15) is 5.26 Å². The van der Waals surface area contributed by atoms with Gasteiger partial charge in [0, 0.05) is 32.7 Å². The van der Waals surface area contributed by atoms with E-state index in [0.29, 0.717) is 6.42 Å². The number of esters is 1. The number of hydrogen-bond donors (Lipinski definition) is 0. The minimum Gasteiger partial charge on any atom is -0.469 e. The average molecular weight is 270 g/mol. The highest BCUT2D eigenvalue weighted by Gasteiger charge is 2.19. The van der Waals surface area contributed by atoms with Gasteiger partial charge in [-0.3, -0.25) is 9.69 Å². The highest BCUT2D eigenvalue weighted by Crippen LogP contribution is 2.10. The molecule has 0 amide bonds. The number of aliphatic imine (C=N–C) groups is 1. The first-order chi connectivity index (χ1) is 8.71. The van der Waals surface area contributed by atoms with E-state index in [9.17, 15) is 4.79 Å². The Hall–Kier alpha value is -1.26. The van der Waals surface area contributed by atoms with Crippen LogP contribution in [0.4, 0.5) is 0 Å². The quantitative estimate of drug-likeness (QED) is 0.319. The normalized spacial score (nSPS) is 17.4. The monoisotopic (exact) mass is 270 g/mol. The first-order valence-corrected chi connectivity index (χ1v) is 6.98. The van der Waals surface area contributed by atoms with Gasteiger partial charge in [-0.25, -0.2) is 0 Å². The van der Waals surface area contributed by atoms with Crippen LogP contribution in [0.5, 0.6) is 0 Å². The number of hydrogen-bond acceptors (Lipinski definition) is 6. The van der Waals surface area contributed by atoms with Crippen molar-refractivity contribution in [2.75, 3.05) is 46.1 Å². The van der Waals surface area contributed by atoms with Crippen LogP contribution in [0.15, 0.2) is 4.99 Å². The van der Waals surface area contributed by atoms with E-state index in [2.05, 4.69) is 19.5 Å². The van der Waals surface area contributed by atoms with Crippen LogP contribution < -0.4 is 0 Å². The molecule has 1 fully saturated rings. The molecule has 1 aliphatic heterocycles. The lowest BCUT2D eigenvalue weighted by Crippen LogP contribution is -2.48. The summed E-state index contributed by atoms with van der Waals surface area (Å²) in [5.41, 5.74) is 0. The van der Waals surface area contributed by atoms with Crippen LogP contribution in [0.25, 0.3) is 0 Å². The lowest BCUT2D eigenvalue weighted by molar-refractivity contribution is -0.141. The molecular formula is C11H18N4O2S. The van der Waals surface area contributed by atoms with E-state index in [4.69, 9.17) is 5.26 Å². The van der Waals surface area contributed by atoms with Crippen LogP contribution in [0, 0.1) is 11.5 Å². The van der Waals surface area contributed by atoms with Crippen molar-refractivity contribution >= 4 is 22.9 Å². The van der Waals surface area contributed by atoms with E-state index in [-0.39, 0.29) is 5.97 Å². The van der Waals surface area contributed by atoms with Crippen molar-refractivity contribution in [2.24, 2.45) is 4.99 Å². The summed E-state index contributed by atoms with van der Waals surface area (Å²) in [6.07, 6.45) is 4.17. The summed E-state index contributed by atoms with van der Waals surface area (Å²) in [6.45, 7) is 4.15. The number of carbonyl (C=O) groups excluding carboxylic acids is 1. The summed E-state index contributed by atoms with van der Waals surface area (Å²) in [6, 6.07) is 0. The molecule has 0 atom stereocenters. The van der Waals surface area contributed by atoms with Gasteiger partial charge >= 0.3 is 5.97 Å². The first kappa shape index (κ1) is 14.8. The zero-order chi connectivity index (χ0) is 13.4. The van der Waals surface area contributed by atoms with E-state index in [1.54, 1.807) is 0 Å². The van der Waals surface area contributed by atoms with Crippen LogP contribution in [0.2, 0.25) is 0 Å². The van der Waals surface area contributed by atoms with Crippen molar-refractivity contribution in [3.63, 3.8) is 0 Å². The summed E-state index contributed by atoms with van der Waals surface area (Å²) < 4.78 is 4.62. The zero-order valence-corrected chi connectivity index (χ0v) is 11.6. The van der Waals surface area contributed by atoms with E-state index < -0.39 is 0 Å². The third-order valence-electron chi connectivity index (χ3n) is 2.83. The van der Waals surface area contributed by atoms with Crippen LogP contribution in [0.1, 0.15) is 6.42 Å². The molecular weight excluding hydrogens is 252 g/mol. The fourth-order valence-corrected chi connectivity index (χ4v) is 2.38. The summed E-state index contributed by atoms with van der Waals surface area (Å²) in [4.78, 5) is 19.2. The van der Waals surface area contributed by atoms with Crippen molar-refractivity contribution in [1.29, 1.82) is 5.26 Å². The van der Waals surface area contributed by atoms with Crippen LogP contribution >= 0.6 is 11.8 Å². The van der Waals surface area contributed by atoms with Crippen LogP contribution in [-0.4, -0.2) is 67.0 Å². The number of nitriles is 1. The summed E-state index contributed by atoms with van der Waals surface area (Å²) in [5.74, 6) is -0.173. The van der Waals surface area contributed by atoms with Crippen LogP contribution in [-0.2, 0) is 9.53 Å².